The summed E-state index contributed by atoms with van der Waals surface area (Å²) < 4.78 is 0. The largest absolute Gasteiger partial charge is 0.0622 e. The molecule has 3 aliphatic rings. The van der Waals surface area contributed by atoms with Crippen LogP contribution in [0.2, 0.25) is 0 Å². The molecule has 0 heterocycles. The van der Waals surface area contributed by atoms with Gasteiger partial charge in [-0.15, -0.1) is 0 Å². The van der Waals surface area contributed by atoms with Crippen LogP contribution in [-0.4, -0.2) is 0 Å². The van der Waals surface area contributed by atoms with Crippen LogP contribution in [0, 0.1) is 0 Å². The molecule has 0 nitrogen and oxygen atoms in total. The minimum absolute atomic E-state index is 0.244. The van der Waals surface area contributed by atoms with E-state index in [1.807, 2.05) is 0 Å². The van der Waals surface area contributed by atoms with E-state index in [-0.39, 0.29) is 5.41 Å². The molecule has 310 valence electrons. The van der Waals surface area contributed by atoms with Crippen molar-refractivity contribution in [2.75, 3.05) is 0 Å². The Kier molecular flexibility index (Phi) is 7.38. The van der Waals surface area contributed by atoms with E-state index in [0.717, 1.165) is 0 Å². The highest BCUT2D eigenvalue weighted by atomic mass is 14.4. The third-order valence-corrected chi connectivity index (χ3v) is 15.8. The van der Waals surface area contributed by atoms with Crippen molar-refractivity contribution in [2.24, 2.45) is 0 Å². The van der Waals surface area contributed by atoms with Gasteiger partial charge in [0.1, 0.15) is 0 Å². The molecule has 0 bridgehead atoms. The van der Waals surface area contributed by atoms with Crippen LogP contribution in [0.1, 0.15) is 25.0 Å². The van der Waals surface area contributed by atoms with Gasteiger partial charge >= 0.3 is 0 Å². The van der Waals surface area contributed by atoms with E-state index < -0.39 is 0 Å². The van der Waals surface area contributed by atoms with E-state index in [2.05, 4.69) is 232 Å². The normalized spacial score (nSPS) is 13.3. The maximum Gasteiger partial charge on any atom is 0.0159 e. The average molecular weight is 847 g/mol. The topological polar surface area (TPSA) is 0 Å². The SMILES string of the molecule is CC1(C)c2cc(-c3cccc(-c4ccccc4)c3)ccc2-c2cc3c(-c4ccc5c6c(cccc46)-c4ccccc4-5)c4ccccc4c(-c4ccc5c6c(cccc46)-c4ccccc4-5)c3cc21. The Balaban J connectivity index is 1.03. The molecule has 0 N–H and O–H groups in total. The van der Waals surface area contributed by atoms with Crippen LogP contribution in [0.5, 0.6) is 0 Å². The van der Waals surface area contributed by atoms with Crippen LogP contribution in [0.3, 0.4) is 0 Å². The van der Waals surface area contributed by atoms with Crippen LogP contribution >= 0.6 is 0 Å². The minimum Gasteiger partial charge on any atom is -0.0622 e. The monoisotopic (exact) mass is 846 g/mol. The van der Waals surface area contributed by atoms with Gasteiger partial charge in [0.15, 0.2) is 0 Å². The first-order valence-electron chi connectivity index (χ1n) is 23.7. The molecule has 0 radical (unpaired) electrons. The van der Waals surface area contributed by atoms with Crippen molar-refractivity contribution in [3.63, 3.8) is 0 Å². The van der Waals surface area contributed by atoms with Gasteiger partial charge in [-0.1, -0.05) is 208 Å². The lowest BCUT2D eigenvalue weighted by Gasteiger charge is -2.25. The molecular formula is C67H42. The zero-order valence-corrected chi connectivity index (χ0v) is 37.3. The van der Waals surface area contributed by atoms with Crippen LogP contribution in [0.25, 0.3) is 143 Å². The zero-order valence-electron chi connectivity index (χ0n) is 37.3. The molecule has 0 saturated carbocycles. The fraction of sp³-hybridized carbons (Fsp3) is 0.0448. The first-order chi connectivity index (χ1) is 33.0. The Hall–Kier alpha value is -8.32. The number of hydrogen-bond acceptors (Lipinski definition) is 0. The first-order valence-corrected chi connectivity index (χ1v) is 23.7. The van der Waals surface area contributed by atoms with Gasteiger partial charge in [-0.25, -0.2) is 0 Å². The van der Waals surface area contributed by atoms with Gasteiger partial charge in [0.2, 0.25) is 0 Å². The fourth-order valence-corrected chi connectivity index (χ4v) is 12.7. The molecule has 0 spiro atoms. The van der Waals surface area contributed by atoms with E-state index in [1.54, 1.807) is 0 Å². The van der Waals surface area contributed by atoms with Gasteiger partial charge < -0.3 is 0 Å². The summed E-state index contributed by atoms with van der Waals surface area (Å²) in [7, 11) is 0. The van der Waals surface area contributed by atoms with Crippen LogP contribution in [0.15, 0.2) is 218 Å². The summed E-state index contributed by atoms with van der Waals surface area (Å²) in [4.78, 5) is 0. The summed E-state index contributed by atoms with van der Waals surface area (Å²) in [5.74, 6) is 0. The lowest BCUT2D eigenvalue weighted by atomic mass is 9.78. The highest BCUT2D eigenvalue weighted by molar-refractivity contribution is 6.29. The zero-order chi connectivity index (χ0) is 44.1. The van der Waals surface area contributed by atoms with Crippen LogP contribution in [-0.2, 0) is 5.41 Å². The van der Waals surface area contributed by atoms with Gasteiger partial charge in [0.05, 0.1) is 0 Å². The molecule has 0 unspecified atom stereocenters. The van der Waals surface area contributed by atoms with Crippen molar-refractivity contribution >= 4 is 43.1 Å². The lowest BCUT2D eigenvalue weighted by Crippen LogP contribution is -2.15. The predicted molar refractivity (Wildman–Crippen MR) is 285 cm³/mol. The second-order valence-corrected chi connectivity index (χ2v) is 19.4. The molecule has 12 aromatic carbocycles. The summed E-state index contributed by atoms with van der Waals surface area (Å²) in [6.07, 6.45) is 0. The lowest BCUT2D eigenvalue weighted by molar-refractivity contribution is 0.661. The van der Waals surface area contributed by atoms with Gasteiger partial charge in [-0.2, -0.15) is 0 Å². The van der Waals surface area contributed by atoms with E-state index in [1.165, 1.54) is 154 Å². The first kappa shape index (κ1) is 37.0. The smallest absolute Gasteiger partial charge is 0.0159 e. The Morgan fingerprint density at radius 1 is 0.224 bits per heavy atom. The van der Waals surface area contributed by atoms with Crippen LogP contribution < -0.4 is 0 Å². The Bertz CT molecular complexity index is 4100. The van der Waals surface area contributed by atoms with Crippen LogP contribution in [0.4, 0.5) is 0 Å². The quantitative estimate of drug-likeness (QED) is 0.155. The molecule has 0 heteroatoms. The molecule has 0 saturated heterocycles. The Morgan fingerprint density at radius 3 is 1.19 bits per heavy atom. The maximum atomic E-state index is 2.60. The van der Waals surface area contributed by atoms with Crippen molar-refractivity contribution in [2.45, 2.75) is 19.3 Å². The highest BCUT2D eigenvalue weighted by Gasteiger charge is 2.37. The maximum absolute atomic E-state index is 2.60. The number of benzene rings is 12. The summed E-state index contributed by atoms with van der Waals surface area (Å²) >= 11 is 0. The summed E-state index contributed by atoms with van der Waals surface area (Å²) in [6.45, 7) is 4.87. The molecule has 0 aromatic heterocycles. The Morgan fingerprint density at radius 2 is 0.612 bits per heavy atom. The third kappa shape index (κ3) is 4.97. The molecule has 0 aliphatic heterocycles. The van der Waals surface area contributed by atoms with E-state index >= 15 is 0 Å². The number of rotatable bonds is 4. The molecule has 0 amide bonds. The summed E-state index contributed by atoms with van der Waals surface area (Å²) in [5, 5.41) is 10.5. The highest BCUT2D eigenvalue weighted by Crippen LogP contribution is 2.57. The van der Waals surface area contributed by atoms with E-state index in [0.29, 0.717) is 0 Å². The van der Waals surface area contributed by atoms with Crippen molar-refractivity contribution in [1.29, 1.82) is 0 Å². The van der Waals surface area contributed by atoms with E-state index in [9.17, 15) is 0 Å². The van der Waals surface area contributed by atoms with Gasteiger partial charge in [0.25, 0.3) is 0 Å². The molecule has 12 aromatic rings. The van der Waals surface area contributed by atoms with Crippen molar-refractivity contribution < 1.29 is 0 Å². The molecule has 67 heavy (non-hydrogen) atoms. The van der Waals surface area contributed by atoms with Crippen molar-refractivity contribution in [1.82, 2.24) is 0 Å². The molecule has 0 fully saturated rings. The molecule has 0 atom stereocenters. The standard InChI is InChI=1S/C67H42/c1-67(2)61-36-42(41-18-12-17-40(35-41)39-15-4-3-5-16-39)29-30-47(61)58-37-59-60(38-62(58)67)66(57-34-32-55-46-22-9-7-20-44(46)49-26-14-28-53(57)64(49)55)51-24-11-10-23-50(51)65(59)56-33-31-54-45-21-8-6-19-43(45)48-25-13-27-52(56)63(48)54/h3-38H,1-2H3. The fourth-order valence-electron chi connectivity index (χ4n) is 12.7. The van der Waals surface area contributed by atoms with Gasteiger partial charge in [0, 0.05) is 5.41 Å². The second kappa shape index (κ2) is 13.4. The third-order valence-electron chi connectivity index (χ3n) is 15.8. The van der Waals surface area contributed by atoms with Gasteiger partial charge in [-0.05, 0) is 179 Å². The number of hydrogen-bond donors (Lipinski definition) is 0. The molecule has 15 rings (SSSR count). The second-order valence-electron chi connectivity index (χ2n) is 19.4. The average Bonchev–Trinajstić information content (AvgIpc) is 3.97. The van der Waals surface area contributed by atoms with Crippen molar-refractivity contribution in [3.05, 3.63) is 230 Å². The molecular weight excluding hydrogens is 805 g/mol. The summed E-state index contributed by atoms with van der Waals surface area (Å²) in [5.41, 5.74) is 25.9. The van der Waals surface area contributed by atoms with Gasteiger partial charge in [-0.3, -0.25) is 0 Å². The predicted octanol–water partition coefficient (Wildman–Crippen LogP) is 18.6. The molecule has 3 aliphatic carbocycles. The minimum atomic E-state index is -0.244. The van der Waals surface area contributed by atoms with Crippen molar-refractivity contribution in [3.8, 4) is 100 Å². The summed E-state index contributed by atoms with van der Waals surface area (Å²) in [6, 6.07) is 82.7. The Labute approximate surface area is 390 Å². The van der Waals surface area contributed by atoms with E-state index in [4.69, 9.17) is 0 Å². The number of fused-ring (bicyclic) bond motifs is 11.